The van der Waals surface area contributed by atoms with E-state index >= 15 is 0 Å². The second-order valence-electron chi connectivity index (χ2n) is 4.54. The molecule has 0 spiro atoms. The molecule has 1 amide bonds. The number of nitrogens with zero attached hydrogens (tertiary/aromatic N) is 2. The van der Waals surface area contributed by atoms with Gasteiger partial charge in [-0.1, -0.05) is 18.5 Å². The third-order valence-electron chi connectivity index (χ3n) is 3.03. The lowest BCUT2D eigenvalue weighted by atomic mass is 10.1. The van der Waals surface area contributed by atoms with Crippen molar-refractivity contribution in [2.45, 2.75) is 26.3 Å². The van der Waals surface area contributed by atoms with E-state index in [4.69, 9.17) is 16.7 Å². The summed E-state index contributed by atoms with van der Waals surface area (Å²) >= 11 is 5.77. The number of halogens is 1. The molecule has 0 saturated heterocycles. The molecule has 1 aromatic carbocycles. The van der Waals surface area contributed by atoms with Gasteiger partial charge in [-0.05, 0) is 19.4 Å². The van der Waals surface area contributed by atoms with Crippen LogP contribution in [0.3, 0.4) is 0 Å². The van der Waals surface area contributed by atoms with Crippen LogP contribution in [0.5, 0.6) is 0 Å². The van der Waals surface area contributed by atoms with Crippen LogP contribution in [0.2, 0.25) is 5.02 Å². The molecule has 0 fully saturated rings. The fourth-order valence-corrected chi connectivity index (χ4v) is 1.99. The smallest absolute Gasteiger partial charge is 0.323 e. The molecule has 0 aliphatic heterocycles. The molecule has 0 radical (unpaired) electrons. The van der Waals surface area contributed by atoms with Crippen LogP contribution in [0.4, 0.5) is 5.69 Å². The topological polar surface area (TPSA) is 101 Å². The Morgan fingerprint density at radius 1 is 1.43 bits per heavy atom. The molecule has 0 aliphatic carbocycles. The molecule has 114 valence electrons. The van der Waals surface area contributed by atoms with Gasteiger partial charge in [-0.2, -0.15) is 0 Å². The number of carbonyl (C=O) groups is 2. The molecule has 1 rings (SSSR count). The van der Waals surface area contributed by atoms with Crippen LogP contribution < -0.4 is 0 Å². The van der Waals surface area contributed by atoms with Crippen LogP contribution in [0, 0.1) is 10.1 Å². The van der Waals surface area contributed by atoms with Gasteiger partial charge in [-0.3, -0.25) is 19.7 Å². The minimum Gasteiger partial charge on any atom is -0.480 e. The number of non-ortho nitro benzene ring substituents is 1. The van der Waals surface area contributed by atoms with E-state index in [2.05, 4.69) is 0 Å². The summed E-state index contributed by atoms with van der Waals surface area (Å²) in [5.74, 6) is -1.75. The molecule has 0 aromatic heterocycles. The lowest BCUT2D eigenvalue weighted by Crippen LogP contribution is -2.41. The van der Waals surface area contributed by atoms with E-state index in [0.29, 0.717) is 6.42 Å². The maximum absolute atomic E-state index is 12.4. The monoisotopic (exact) mass is 314 g/mol. The van der Waals surface area contributed by atoms with E-state index in [0.717, 1.165) is 17.0 Å². The number of carboxylic acids is 1. The number of nitro benzene ring substituents is 1. The number of hydrogen-bond acceptors (Lipinski definition) is 4. The average Bonchev–Trinajstić information content (AvgIpc) is 2.42. The van der Waals surface area contributed by atoms with Gasteiger partial charge in [0.1, 0.15) is 6.54 Å². The highest BCUT2D eigenvalue weighted by Crippen LogP contribution is 2.22. The number of carbonyl (C=O) groups excluding carboxylic acids is 1. The first-order valence-electron chi connectivity index (χ1n) is 6.24. The van der Waals surface area contributed by atoms with Crippen LogP contribution in [0.15, 0.2) is 18.2 Å². The van der Waals surface area contributed by atoms with Gasteiger partial charge in [-0.15, -0.1) is 0 Å². The summed E-state index contributed by atoms with van der Waals surface area (Å²) in [4.78, 5) is 34.6. The highest BCUT2D eigenvalue weighted by molar-refractivity contribution is 6.31. The van der Waals surface area contributed by atoms with Crippen molar-refractivity contribution in [1.82, 2.24) is 4.90 Å². The quantitative estimate of drug-likeness (QED) is 0.642. The molecule has 0 aliphatic rings. The van der Waals surface area contributed by atoms with Crippen molar-refractivity contribution in [2.75, 3.05) is 6.54 Å². The standard InChI is InChI=1S/C13H15ClN2O5/c1-3-8(2)15(7-12(17)18)13(19)9-4-10(14)6-11(5-9)16(20)21/h4-6,8H,3,7H2,1-2H3,(H,17,18). The van der Waals surface area contributed by atoms with Crippen molar-refractivity contribution in [3.8, 4) is 0 Å². The lowest BCUT2D eigenvalue weighted by molar-refractivity contribution is -0.384. The second-order valence-corrected chi connectivity index (χ2v) is 4.98. The summed E-state index contributed by atoms with van der Waals surface area (Å²) in [6, 6.07) is 3.19. The third-order valence-corrected chi connectivity index (χ3v) is 3.25. The van der Waals surface area contributed by atoms with Crippen molar-refractivity contribution in [3.63, 3.8) is 0 Å². The number of rotatable bonds is 6. The first kappa shape index (κ1) is 16.9. The zero-order valence-corrected chi connectivity index (χ0v) is 12.3. The van der Waals surface area contributed by atoms with E-state index in [-0.39, 0.29) is 22.3 Å². The van der Waals surface area contributed by atoms with Crippen molar-refractivity contribution in [2.24, 2.45) is 0 Å². The van der Waals surface area contributed by atoms with E-state index in [1.807, 2.05) is 6.92 Å². The van der Waals surface area contributed by atoms with Crippen molar-refractivity contribution in [3.05, 3.63) is 38.9 Å². The lowest BCUT2D eigenvalue weighted by Gasteiger charge is -2.27. The van der Waals surface area contributed by atoms with E-state index in [9.17, 15) is 19.7 Å². The Morgan fingerprint density at radius 2 is 2.05 bits per heavy atom. The zero-order chi connectivity index (χ0) is 16.2. The van der Waals surface area contributed by atoms with E-state index < -0.39 is 23.3 Å². The van der Waals surface area contributed by atoms with Crippen LogP contribution in [0.25, 0.3) is 0 Å². The molecular weight excluding hydrogens is 300 g/mol. The summed E-state index contributed by atoms with van der Waals surface area (Å²) in [5.41, 5.74) is -0.318. The van der Waals surface area contributed by atoms with Crippen molar-refractivity contribution in [1.29, 1.82) is 0 Å². The summed E-state index contributed by atoms with van der Waals surface area (Å²) in [6.45, 7) is 3.04. The predicted octanol–water partition coefficient (Wildman–Crippen LogP) is 2.57. The zero-order valence-electron chi connectivity index (χ0n) is 11.6. The fourth-order valence-electron chi connectivity index (χ4n) is 1.76. The third kappa shape index (κ3) is 4.42. The molecule has 0 saturated carbocycles. The molecule has 0 heterocycles. The molecule has 21 heavy (non-hydrogen) atoms. The summed E-state index contributed by atoms with van der Waals surface area (Å²) in [5, 5.41) is 19.7. The van der Waals surface area contributed by atoms with Crippen molar-refractivity contribution < 1.29 is 19.6 Å². The maximum Gasteiger partial charge on any atom is 0.323 e. The molecule has 1 atom stereocenters. The van der Waals surface area contributed by atoms with Gasteiger partial charge in [-0.25, -0.2) is 0 Å². The maximum atomic E-state index is 12.4. The number of nitro groups is 1. The molecule has 1 aromatic rings. The Labute approximate surface area is 126 Å². The first-order chi connectivity index (χ1) is 9.76. The Balaban J connectivity index is 3.19. The molecule has 1 unspecified atom stereocenters. The first-order valence-corrected chi connectivity index (χ1v) is 6.61. The van der Waals surface area contributed by atoms with Gasteiger partial charge in [0.25, 0.3) is 11.6 Å². The normalized spacial score (nSPS) is 11.8. The summed E-state index contributed by atoms with van der Waals surface area (Å²) < 4.78 is 0. The highest BCUT2D eigenvalue weighted by Gasteiger charge is 2.24. The van der Waals surface area contributed by atoms with E-state index in [1.165, 1.54) is 6.07 Å². The number of benzene rings is 1. The van der Waals surface area contributed by atoms with Gasteiger partial charge in [0.2, 0.25) is 0 Å². The molecule has 0 bridgehead atoms. The van der Waals surface area contributed by atoms with Crippen LogP contribution in [-0.4, -0.2) is 39.4 Å². The Kier molecular flexibility index (Phi) is 5.66. The molecular formula is C13H15ClN2O5. The minimum atomic E-state index is -1.15. The van der Waals surface area contributed by atoms with Gasteiger partial charge in [0.15, 0.2) is 0 Å². The fraction of sp³-hybridized carbons (Fsp3) is 0.385. The van der Waals surface area contributed by atoms with Gasteiger partial charge < -0.3 is 10.0 Å². The van der Waals surface area contributed by atoms with E-state index in [1.54, 1.807) is 6.92 Å². The Bertz CT molecular complexity index is 576. The van der Waals surface area contributed by atoms with Crippen LogP contribution in [-0.2, 0) is 4.79 Å². The predicted molar refractivity (Wildman–Crippen MR) is 76.5 cm³/mol. The number of amides is 1. The number of carboxylic acid groups (broad SMARTS) is 1. The minimum absolute atomic E-state index is 0.00394. The van der Waals surface area contributed by atoms with Gasteiger partial charge >= 0.3 is 5.97 Å². The summed E-state index contributed by atoms with van der Waals surface area (Å²) in [7, 11) is 0. The molecule has 7 nitrogen and oxygen atoms in total. The highest BCUT2D eigenvalue weighted by atomic mass is 35.5. The average molecular weight is 315 g/mol. The van der Waals surface area contributed by atoms with Crippen LogP contribution >= 0.6 is 11.6 Å². The summed E-state index contributed by atoms with van der Waals surface area (Å²) in [6.07, 6.45) is 0.557. The Morgan fingerprint density at radius 3 is 2.52 bits per heavy atom. The van der Waals surface area contributed by atoms with Crippen molar-refractivity contribution >= 4 is 29.2 Å². The largest absolute Gasteiger partial charge is 0.480 e. The molecule has 8 heteroatoms. The number of hydrogen-bond donors (Lipinski definition) is 1. The SMILES string of the molecule is CCC(C)N(CC(=O)O)C(=O)c1cc(Cl)cc([N+](=O)[O-])c1. The molecule has 1 N–H and O–H groups in total. The van der Waals surface area contributed by atoms with Gasteiger partial charge in [0.05, 0.1) is 4.92 Å². The Hall–Kier alpha value is -2.15. The second kappa shape index (κ2) is 7.03. The number of aliphatic carboxylic acids is 1. The van der Waals surface area contributed by atoms with Crippen LogP contribution in [0.1, 0.15) is 30.6 Å². The van der Waals surface area contributed by atoms with Gasteiger partial charge in [0, 0.05) is 28.8 Å².